The Morgan fingerprint density at radius 2 is 2.00 bits per heavy atom. The Kier molecular flexibility index (Phi) is 2.98. The highest BCUT2D eigenvalue weighted by atomic mass is 32.2. The molecule has 0 atom stereocenters. The smallest absolute Gasteiger partial charge is 0.258 e. The molecule has 3 nitrogen and oxygen atoms in total. The molecule has 1 saturated heterocycles. The fourth-order valence-corrected chi connectivity index (χ4v) is 3.68. The van der Waals surface area contributed by atoms with Crippen molar-refractivity contribution in [1.29, 1.82) is 0 Å². The summed E-state index contributed by atoms with van der Waals surface area (Å²) >= 11 is 3.55. The lowest BCUT2D eigenvalue weighted by atomic mass is 10.2. The molecule has 1 fully saturated rings. The molecule has 0 bridgehead atoms. The van der Waals surface area contributed by atoms with Crippen LogP contribution >= 0.6 is 23.5 Å². The fourth-order valence-electron chi connectivity index (χ4n) is 1.22. The molecule has 73 valence electrons. The average Bonchev–Trinajstić information content (AvgIpc) is 2.71. The van der Waals surface area contributed by atoms with Gasteiger partial charge in [0.1, 0.15) is 4.58 Å². The average molecular weight is 226 g/mol. The Labute approximate surface area is 90.4 Å². The predicted octanol–water partition coefficient (Wildman–Crippen LogP) is 2.91. The quantitative estimate of drug-likeness (QED) is 0.574. The third-order valence-electron chi connectivity index (χ3n) is 1.84. The first-order chi connectivity index (χ1) is 6.77. The van der Waals surface area contributed by atoms with Gasteiger partial charge in [-0.15, -0.1) is 23.5 Å². The van der Waals surface area contributed by atoms with Crippen molar-refractivity contribution < 1.29 is 4.92 Å². The van der Waals surface area contributed by atoms with E-state index >= 15 is 0 Å². The molecule has 0 unspecified atom stereocenters. The van der Waals surface area contributed by atoms with E-state index < -0.39 is 0 Å². The molecule has 14 heavy (non-hydrogen) atoms. The summed E-state index contributed by atoms with van der Waals surface area (Å²) in [6.45, 7) is 0. The van der Waals surface area contributed by atoms with E-state index in [1.165, 1.54) is 10.6 Å². The Morgan fingerprint density at radius 1 is 1.29 bits per heavy atom. The first kappa shape index (κ1) is 9.86. The van der Waals surface area contributed by atoms with Gasteiger partial charge in [-0.25, -0.2) is 0 Å². The molecule has 0 aliphatic carbocycles. The SMILES string of the molecule is O=[N+]([O-])c1cccc([C]2SCCS2)c1. The van der Waals surface area contributed by atoms with E-state index in [-0.39, 0.29) is 10.6 Å². The van der Waals surface area contributed by atoms with E-state index in [0.717, 1.165) is 17.1 Å². The second-order valence-electron chi connectivity index (χ2n) is 2.79. The van der Waals surface area contributed by atoms with Crippen molar-refractivity contribution in [1.82, 2.24) is 0 Å². The van der Waals surface area contributed by atoms with Crippen molar-refractivity contribution >= 4 is 29.2 Å². The van der Waals surface area contributed by atoms with Gasteiger partial charge in [-0.1, -0.05) is 12.1 Å². The van der Waals surface area contributed by atoms with Gasteiger partial charge < -0.3 is 0 Å². The van der Waals surface area contributed by atoms with E-state index in [0.29, 0.717) is 0 Å². The summed E-state index contributed by atoms with van der Waals surface area (Å²) in [6.07, 6.45) is 0. The van der Waals surface area contributed by atoms with E-state index in [1.54, 1.807) is 35.7 Å². The number of non-ortho nitro benzene ring substituents is 1. The van der Waals surface area contributed by atoms with Crippen molar-refractivity contribution in [2.75, 3.05) is 11.5 Å². The van der Waals surface area contributed by atoms with Crippen molar-refractivity contribution in [2.45, 2.75) is 0 Å². The van der Waals surface area contributed by atoms with Gasteiger partial charge in [-0.05, 0) is 5.56 Å². The molecule has 0 N–H and O–H groups in total. The molecule has 0 amide bonds. The minimum absolute atomic E-state index is 0.170. The zero-order chi connectivity index (χ0) is 9.97. The number of hydrogen-bond acceptors (Lipinski definition) is 4. The van der Waals surface area contributed by atoms with E-state index in [1.807, 2.05) is 6.07 Å². The molecule has 1 aliphatic rings. The number of nitro groups is 1. The maximum atomic E-state index is 10.6. The number of benzene rings is 1. The largest absolute Gasteiger partial charge is 0.269 e. The molecule has 0 aromatic heterocycles. The molecule has 1 aromatic rings. The fraction of sp³-hybridized carbons (Fsp3) is 0.222. The standard InChI is InChI=1S/C9H8NO2S2/c11-10(12)8-3-1-2-7(6-8)9-13-4-5-14-9/h1-3,6H,4-5H2. The van der Waals surface area contributed by atoms with Crippen LogP contribution in [0.4, 0.5) is 5.69 Å². The lowest BCUT2D eigenvalue weighted by Crippen LogP contribution is -1.91. The van der Waals surface area contributed by atoms with Crippen LogP contribution in [-0.2, 0) is 0 Å². The van der Waals surface area contributed by atoms with Gasteiger partial charge in [0.25, 0.3) is 5.69 Å². The monoisotopic (exact) mass is 226 g/mol. The van der Waals surface area contributed by atoms with Gasteiger partial charge >= 0.3 is 0 Å². The van der Waals surface area contributed by atoms with Crippen molar-refractivity contribution in [3.63, 3.8) is 0 Å². The number of hydrogen-bond donors (Lipinski definition) is 0. The third kappa shape index (κ3) is 2.04. The first-order valence-electron chi connectivity index (χ1n) is 4.15. The molecule has 0 saturated carbocycles. The van der Waals surface area contributed by atoms with Crippen LogP contribution in [0.2, 0.25) is 0 Å². The van der Waals surface area contributed by atoms with Crippen LogP contribution in [0.1, 0.15) is 5.56 Å². The highest BCUT2D eigenvalue weighted by molar-refractivity contribution is 8.24. The zero-order valence-electron chi connectivity index (χ0n) is 7.30. The third-order valence-corrected chi connectivity index (χ3v) is 4.62. The van der Waals surface area contributed by atoms with E-state index in [2.05, 4.69) is 0 Å². The molecule has 5 heteroatoms. The first-order valence-corrected chi connectivity index (χ1v) is 6.12. The van der Waals surface area contributed by atoms with Gasteiger partial charge in [-0.3, -0.25) is 10.1 Å². The topological polar surface area (TPSA) is 43.1 Å². The number of nitro benzene ring substituents is 1. The predicted molar refractivity (Wildman–Crippen MR) is 60.4 cm³/mol. The van der Waals surface area contributed by atoms with Crippen LogP contribution in [0.5, 0.6) is 0 Å². The van der Waals surface area contributed by atoms with Crippen LogP contribution in [0.25, 0.3) is 0 Å². The van der Waals surface area contributed by atoms with Crippen LogP contribution in [0.15, 0.2) is 24.3 Å². The second kappa shape index (κ2) is 4.23. The molecular formula is C9H8NO2S2. The van der Waals surface area contributed by atoms with Crippen LogP contribution in [-0.4, -0.2) is 16.4 Å². The molecule has 1 radical (unpaired) electrons. The van der Waals surface area contributed by atoms with Crippen LogP contribution in [0, 0.1) is 14.7 Å². The van der Waals surface area contributed by atoms with Crippen LogP contribution in [0.3, 0.4) is 0 Å². The summed E-state index contributed by atoms with van der Waals surface area (Å²) in [5.41, 5.74) is 1.15. The van der Waals surface area contributed by atoms with Gasteiger partial charge in [0, 0.05) is 23.6 Å². The highest BCUT2D eigenvalue weighted by Crippen LogP contribution is 2.44. The summed E-state index contributed by atoms with van der Waals surface area (Å²) in [5.74, 6) is 2.20. The molecule has 1 aromatic carbocycles. The van der Waals surface area contributed by atoms with Crippen molar-refractivity contribution in [3.8, 4) is 0 Å². The molecule has 0 spiro atoms. The maximum absolute atomic E-state index is 10.6. The molecule has 1 aliphatic heterocycles. The second-order valence-corrected chi connectivity index (χ2v) is 5.26. The lowest BCUT2D eigenvalue weighted by molar-refractivity contribution is -0.384. The minimum atomic E-state index is -0.353. The summed E-state index contributed by atoms with van der Waals surface area (Å²) in [6, 6.07) is 6.82. The number of thioether (sulfide) groups is 2. The molecular weight excluding hydrogens is 218 g/mol. The van der Waals surface area contributed by atoms with Crippen molar-refractivity contribution in [2.24, 2.45) is 0 Å². The van der Waals surface area contributed by atoms with Crippen molar-refractivity contribution in [3.05, 3.63) is 44.5 Å². The maximum Gasteiger partial charge on any atom is 0.269 e. The molecule has 2 rings (SSSR count). The lowest BCUT2D eigenvalue weighted by Gasteiger charge is -2.05. The van der Waals surface area contributed by atoms with Gasteiger partial charge in [0.2, 0.25) is 0 Å². The summed E-state index contributed by atoms with van der Waals surface area (Å²) in [7, 11) is 0. The van der Waals surface area contributed by atoms with Gasteiger partial charge in [0.05, 0.1) is 4.92 Å². The van der Waals surface area contributed by atoms with Gasteiger partial charge in [-0.2, -0.15) is 0 Å². The van der Waals surface area contributed by atoms with E-state index in [4.69, 9.17) is 0 Å². The van der Waals surface area contributed by atoms with Crippen LogP contribution < -0.4 is 0 Å². The molecule has 1 heterocycles. The minimum Gasteiger partial charge on any atom is -0.258 e. The Morgan fingerprint density at radius 3 is 2.64 bits per heavy atom. The Balaban J connectivity index is 2.25. The summed E-state index contributed by atoms with van der Waals surface area (Å²) in [4.78, 5) is 10.2. The van der Waals surface area contributed by atoms with Gasteiger partial charge in [0.15, 0.2) is 0 Å². The Hall–Kier alpha value is -0.680. The number of rotatable bonds is 2. The van der Waals surface area contributed by atoms with E-state index in [9.17, 15) is 10.1 Å². The summed E-state index contributed by atoms with van der Waals surface area (Å²) < 4.78 is 1.20. The normalized spacial score (nSPS) is 17.1. The highest BCUT2D eigenvalue weighted by Gasteiger charge is 2.21. The Bertz CT molecular complexity index is 350. The summed E-state index contributed by atoms with van der Waals surface area (Å²) in [5, 5.41) is 10.6. The number of nitrogens with zero attached hydrogens (tertiary/aromatic N) is 1. The zero-order valence-corrected chi connectivity index (χ0v) is 8.94.